The number of carboxylic acids is 1. The molecule has 30 heavy (non-hydrogen) atoms. The van der Waals surface area contributed by atoms with Gasteiger partial charge < -0.3 is 15.3 Å². The first-order valence-electron chi connectivity index (χ1n) is 8.78. The molecule has 160 valence electrons. The maximum atomic E-state index is 12.8. The van der Waals surface area contributed by atoms with Crippen LogP contribution in [-0.2, 0) is 4.79 Å². The maximum Gasteiger partial charge on any atom is 0.490 e. The van der Waals surface area contributed by atoms with Crippen molar-refractivity contribution >= 4 is 23.2 Å². The van der Waals surface area contributed by atoms with Gasteiger partial charge in [0.25, 0.3) is 5.91 Å². The highest BCUT2D eigenvalue weighted by Gasteiger charge is 2.38. The second kappa shape index (κ2) is 10.7. The van der Waals surface area contributed by atoms with E-state index in [0.717, 1.165) is 30.1 Å². The van der Waals surface area contributed by atoms with Crippen LogP contribution >= 0.6 is 11.3 Å². The van der Waals surface area contributed by atoms with Crippen molar-refractivity contribution in [1.82, 2.24) is 20.2 Å². The molecule has 0 spiro atoms. The van der Waals surface area contributed by atoms with Gasteiger partial charge in [-0.1, -0.05) is 0 Å². The molecule has 0 saturated carbocycles. The highest BCUT2D eigenvalue weighted by Crippen LogP contribution is 2.24. The average molecular weight is 441 g/mol. The Kier molecular flexibility index (Phi) is 8.25. The van der Waals surface area contributed by atoms with Crippen LogP contribution in [-0.4, -0.2) is 63.7 Å². The van der Waals surface area contributed by atoms with E-state index in [1.165, 1.54) is 11.3 Å². The Labute approximate surface area is 174 Å². The fraction of sp³-hybridized carbons (Fsp3) is 0.389. The van der Waals surface area contributed by atoms with Crippen molar-refractivity contribution in [2.24, 2.45) is 0 Å². The van der Waals surface area contributed by atoms with Gasteiger partial charge >= 0.3 is 12.1 Å². The van der Waals surface area contributed by atoms with Gasteiger partial charge in [0.1, 0.15) is 10.7 Å². The third-order valence-corrected chi connectivity index (χ3v) is 4.98. The molecule has 1 aliphatic heterocycles. The standard InChI is InChI=1S/C16H17N5OS.C2HF3O2/c17-5-1-9-21(13-4-8-19-10-13)16(22)14-11-23-15(20-14)12-2-6-18-7-3-12;3-2(4,5)1(6)7/h2-3,6-7,11,13,19H,1,4,8-10H2;(H,6,7). The molecular weight excluding hydrogens is 423 g/mol. The fourth-order valence-corrected chi connectivity index (χ4v) is 3.47. The number of amides is 1. The number of carboxylic acid groups (broad SMARTS) is 1. The number of nitrogens with zero attached hydrogens (tertiary/aromatic N) is 4. The third-order valence-electron chi connectivity index (χ3n) is 4.09. The lowest BCUT2D eigenvalue weighted by molar-refractivity contribution is -0.192. The quantitative estimate of drug-likeness (QED) is 0.732. The molecule has 3 rings (SSSR count). The summed E-state index contributed by atoms with van der Waals surface area (Å²) < 4.78 is 31.7. The van der Waals surface area contributed by atoms with Crippen molar-refractivity contribution in [3.8, 4) is 16.6 Å². The minimum Gasteiger partial charge on any atom is -0.475 e. The van der Waals surface area contributed by atoms with Crippen LogP contribution in [0.5, 0.6) is 0 Å². The Morgan fingerprint density at radius 3 is 2.57 bits per heavy atom. The number of pyridine rings is 1. The zero-order chi connectivity index (χ0) is 22.1. The summed E-state index contributed by atoms with van der Waals surface area (Å²) in [6.45, 7) is 2.13. The van der Waals surface area contributed by atoms with Crippen molar-refractivity contribution in [1.29, 1.82) is 5.26 Å². The molecule has 1 saturated heterocycles. The van der Waals surface area contributed by atoms with Gasteiger partial charge in [0, 0.05) is 42.5 Å². The summed E-state index contributed by atoms with van der Waals surface area (Å²) in [5, 5.41) is 21.8. The van der Waals surface area contributed by atoms with E-state index in [2.05, 4.69) is 21.4 Å². The molecule has 8 nitrogen and oxygen atoms in total. The van der Waals surface area contributed by atoms with E-state index in [9.17, 15) is 18.0 Å². The van der Waals surface area contributed by atoms with Crippen molar-refractivity contribution < 1.29 is 27.9 Å². The smallest absolute Gasteiger partial charge is 0.475 e. The minimum atomic E-state index is -5.08. The summed E-state index contributed by atoms with van der Waals surface area (Å²) in [4.78, 5) is 32.0. The zero-order valence-electron chi connectivity index (χ0n) is 15.6. The Hall–Kier alpha value is -3.04. The van der Waals surface area contributed by atoms with E-state index in [4.69, 9.17) is 15.2 Å². The van der Waals surface area contributed by atoms with Crippen LogP contribution in [0.3, 0.4) is 0 Å². The molecule has 0 aliphatic carbocycles. The molecule has 2 aromatic rings. The monoisotopic (exact) mass is 441 g/mol. The highest BCUT2D eigenvalue weighted by atomic mass is 32.1. The normalized spacial score (nSPS) is 15.6. The number of halogens is 3. The molecule has 1 fully saturated rings. The Balaban J connectivity index is 0.000000396. The van der Waals surface area contributed by atoms with Crippen LogP contribution in [0, 0.1) is 11.3 Å². The van der Waals surface area contributed by atoms with Gasteiger partial charge in [-0.3, -0.25) is 9.78 Å². The van der Waals surface area contributed by atoms with Gasteiger partial charge in [0.2, 0.25) is 0 Å². The number of hydrogen-bond acceptors (Lipinski definition) is 7. The lowest BCUT2D eigenvalue weighted by Gasteiger charge is -2.27. The predicted molar refractivity (Wildman–Crippen MR) is 102 cm³/mol. The van der Waals surface area contributed by atoms with E-state index in [1.54, 1.807) is 22.7 Å². The number of aliphatic carboxylic acids is 1. The largest absolute Gasteiger partial charge is 0.490 e. The van der Waals surface area contributed by atoms with Crippen LogP contribution in [0.4, 0.5) is 13.2 Å². The van der Waals surface area contributed by atoms with Crippen molar-refractivity contribution in [3.63, 3.8) is 0 Å². The maximum absolute atomic E-state index is 12.8. The highest BCUT2D eigenvalue weighted by molar-refractivity contribution is 7.13. The summed E-state index contributed by atoms with van der Waals surface area (Å²) in [6, 6.07) is 6.01. The Morgan fingerprint density at radius 1 is 1.37 bits per heavy atom. The lowest BCUT2D eigenvalue weighted by atomic mass is 10.2. The van der Waals surface area contributed by atoms with Gasteiger partial charge in [-0.2, -0.15) is 18.4 Å². The second-order valence-corrected chi connectivity index (χ2v) is 6.99. The Morgan fingerprint density at radius 2 is 2.03 bits per heavy atom. The molecular formula is C18H18F3N5O3S. The van der Waals surface area contributed by atoms with Crippen LogP contribution in [0.15, 0.2) is 29.9 Å². The van der Waals surface area contributed by atoms with E-state index in [1.807, 2.05) is 12.1 Å². The van der Waals surface area contributed by atoms with Crippen LogP contribution in [0.2, 0.25) is 0 Å². The summed E-state index contributed by atoms with van der Waals surface area (Å²) in [7, 11) is 0. The number of aromatic nitrogens is 2. The number of carbonyl (C=O) groups is 2. The molecule has 0 aromatic carbocycles. The molecule has 1 unspecified atom stereocenters. The molecule has 12 heteroatoms. The first kappa shape index (κ1) is 23.2. The van der Waals surface area contributed by atoms with Gasteiger partial charge in [-0.05, 0) is 25.1 Å². The van der Waals surface area contributed by atoms with Crippen LogP contribution in [0.1, 0.15) is 23.3 Å². The van der Waals surface area contributed by atoms with E-state index < -0.39 is 12.1 Å². The average Bonchev–Trinajstić information content (AvgIpc) is 3.41. The Bertz CT molecular complexity index is 892. The number of nitrogens with one attached hydrogen (secondary N) is 1. The first-order valence-corrected chi connectivity index (χ1v) is 9.66. The molecule has 1 atom stereocenters. The number of nitriles is 1. The van der Waals surface area contributed by atoms with Crippen molar-refractivity contribution in [2.75, 3.05) is 19.6 Å². The summed E-state index contributed by atoms with van der Waals surface area (Å²) >= 11 is 1.45. The molecule has 1 amide bonds. The van der Waals surface area contributed by atoms with E-state index in [0.29, 0.717) is 18.7 Å². The molecule has 3 heterocycles. The minimum absolute atomic E-state index is 0.0921. The van der Waals surface area contributed by atoms with Gasteiger partial charge in [0.05, 0.1) is 12.5 Å². The van der Waals surface area contributed by atoms with E-state index >= 15 is 0 Å². The summed E-state index contributed by atoms with van der Waals surface area (Å²) in [6.07, 6.45) is -0.411. The summed E-state index contributed by atoms with van der Waals surface area (Å²) in [5.74, 6) is -2.85. The van der Waals surface area contributed by atoms with Crippen molar-refractivity contribution in [3.05, 3.63) is 35.6 Å². The topological polar surface area (TPSA) is 119 Å². The predicted octanol–water partition coefficient (Wildman–Crippen LogP) is 2.56. The van der Waals surface area contributed by atoms with Crippen molar-refractivity contribution in [2.45, 2.75) is 25.1 Å². The van der Waals surface area contributed by atoms with Gasteiger partial charge in [-0.25, -0.2) is 9.78 Å². The second-order valence-electron chi connectivity index (χ2n) is 6.13. The first-order chi connectivity index (χ1) is 14.2. The SMILES string of the molecule is N#CCCN(C(=O)c1csc(-c2ccncc2)n1)C1CCNC1.O=C(O)C(F)(F)F. The summed E-state index contributed by atoms with van der Waals surface area (Å²) in [5.41, 5.74) is 1.40. The zero-order valence-corrected chi connectivity index (χ0v) is 16.4. The molecule has 2 aromatic heterocycles. The number of hydrogen-bond donors (Lipinski definition) is 2. The van der Waals surface area contributed by atoms with Crippen LogP contribution in [0.25, 0.3) is 10.6 Å². The van der Waals surface area contributed by atoms with Crippen LogP contribution < -0.4 is 5.32 Å². The van der Waals surface area contributed by atoms with Gasteiger partial charge in [0.15, 0.2) is 0 Å². The molecule has 0 bridgehead atoms. The van der Waals surface area contributed by atoms with E-state index in [-0.39, 0.29) is 11.9 Å². The number of carbonyl (C=O) groups excluding carboxylic acids is 1. The lowest BCUT2D eigenvalue weighted by Crippen LogP contribution is -2.42. The molecule has 1 aliphatic rings. The van der Waals surface area contributed by atoms with Gasteiger partial charge in [-0.15, -0.1) is 11.3 Å². The number of rotatable bonds is 5. The molecule has 0 radical (unpaired) electrons. The molecule has 2 N–H and O–H groups in total. The third kappa shape index (κ3) is 6.50. The number of alkyl halides is 3. The fourth-order valence-electron chi connectivity index (χ4n) is 2.67. The number of thiazole rings is 1.